The molecule has 0 spiro atoms. The zero-order chi connectivity index (χ0) is 22.5. The Balaban J connectivity index is 1.70. The first kappa shape index (κ1) is 20.7. The zero-order valence-corrected chi connectivity index (χ0v) is 19.8. The van der Waals surface area contributed by atoms with E-state index in [9.17, 15) is 8.42 Å². The Morgan fingerprint density at radius 3 is 2.59 bits per heavy atom. The van der Waals surface area contributed by atoms with E-state index in [0.717, 1.165) is 43.2 Å². The lowest BCUT2D eigenvalue weighted by Crippen LogP contribution is -2.03. The van der Waals surface area contributed by atoms with Crippen molar-refractivity contribution >= 4 is 59.1 Å². The lowest BCUT2D eigenvalue weighted by Gasteiger charge is -2.14. The smallest absolute Gasteiger partial charge is 0.177 e. The minimum Gasteiger partial charge on any atom is -0.354 e. The van der Waals surface area contributed by atoms with Crippen LogP contribution in [0.2, 0.25) is 0 Å². The second kappa shape index (κ2) is 7.72. The third kappa shape index (κ3) is 3.76. The van der Waals surface area contributed by atoms with Crippen molar-refractivity contribution in [1.82, 2.24) is 14.5 Å². The van der Waals surface area contributed by atoms with Gasteiger partial charge in [0.15, 0.2) is 9.84 Å². The molecule has 0 aliphatic rings. The number of hydrogen-bond acceptors (Lipinski definition) is 5. The summed E-state index contributed by atoms with van der Waals surface area (Å²) in [6.45, 7) is 0. The molecule has 0 amide bonds. The molecule has 0 radical (unpaired) electrons. The first-order valence-corrected chi connectivity index (χ1v) is 12.5. The summed E-state index contributed by atoms with van der Waals surface area (Å²) in [5, 5.41) is 4.44. The van der Waals surface area contributed by atoms with E-state index in [1.54, 1.807) is 30.6 Å². The van der Waals surface area contributed by atoms with Gasteiger partial charge in [-0.05, 0) is 53.4 Å². The van der Waals surface area contributed by atoms with Gasteiger partial charge in [-0.2, -0.15) is 0 Å². The zero-order valence-electron chi connectivity index (χ0n) is 17.4. The standard InChI is InChI=1S/C24H19BrN4O2S/c1-29-10-7-15-3-4-16(11-22(15)29)19-13-18(14-21-24(19)27-9-8-26-21)28-20-12-17(25)5-6-23(20)32(2,30)31/h3-14,28H,1-2H3. The molecule has 0 saturated carbocycles. The molecule has 6 nitrogen and oxygen atoms in total. The van der Waals surface area contributed by atoms with E-state index in [-0.39, 0.29) is 4.90 Å². The number of fused-ring (bicyclic) bond motifs is 2. The Morgan fingerprint density at radius 2 is 1.78 bits per heavy atom. The summed E-state index contributed by atoms with van der Waals surface area (Å²) in [7, 11) is -1.40. The molecule has 0 atom stereocenters. The monoisotopic (exact) mass is 506 g/mol. The molecule has 0 unspecified atom stereocenters. The molecule has 0 aliphatic carbocycles. The lowest BCUT2D eigenvalue weighted by molar-refractivity contribution is 0.602. The Hall–Kier alpha value is -3.23. The minimum absolute atomic E-state index is 0.228. The quantitative estimate of drug-likeness (QED) is 0.338. The number of aromatic nitrogens is 3. The second-order valence-electron chi connectivity index (χ2n) is 7.69. The summed E-state index contributed by atoms with van der Waals surface area (Å²) in [4.78, 5) is 9.29. The average Bonchev–Trinajstić information content (AvgIpc) is 3.12. The van der Waals surface area contributed by atoms with Gasteiger partial charge in [0, 0.05) is 53.1 Å². The molecule has 0 fully saturated rings. The summed E-state index contributed by atoms with van der Waals surface area (Å²) in [6.07, 6.45) is 6.56. The van der Waals surface area contributed by atoms with E-state index in [0.29, 0.717) is 5.69 Å². The lowest BCUT2D eigenvalue weighted by atomic mass is 10.0. The fraction of sp³-hybridized carbons (Fsp3) is 0.0833. The normalized spacial score (nSPS) is 11.8. The number of sulfone groups is 1. The molecule has 5 rings (SSSR count). The van der Waals surface area contributed by atoms with Gasteiger partial charge in [0.1, 0.15) is 0 Å². The topological polar surface area (TPSA) is 76.9 Å². The van der Waals surface area contributed by atoms with Gasteiger partial charge in [0.25, 0.3) is 0 Å². The van der Waals surface area contributed by atoms with E-state index in [2.05, 4.69) is 60.0 Å². The summed E-state index contributed by atoms with van der Waals surface area (Å²) in [5.74, 6) is 0. The van der Waals surface area contributed by atoms with Crippen LogP contribution >= 0.6 is 15.9 Å². The molecule has 1 N–H and O–H groups in total. The Labute approximate surface area is 194 Å². The van der Waals surface area contributed by atoms with Gasteiger partial charge in [-0.3, -0.25) is 9.97 Å². The van der Waals surface area contributed by atoms with Crippen LogP contribution in [0.5, 0.6) is 0 Å². The van der Waals surface area contributed by atoms with Crippen LogP contribution in [0.15, 0.2) is 82.6 Å². The molecule has 5 aromatic rings. The maximum Gasteiger partial charge on any atom is 0.177 e. The second-order valence-corrected chi connectivity index (χ2v) is 10.6. The molecule has 160 valence electrons. The van der Waals surface area contributed by atoms with Crippen LogP contribution < -0.4 is 5.32 Å². The van der Waals surface area contributed by atoms with Gasteiger partial charge in [0.2, 0.25) is 0 Å². The van der Waals surface area contributed by atoms with Crippen LogP contribution in [0.25, 0.3) is 33.1 Å². The third-order valence-corrected chi connectivity index (χ3v) is 7.04. The number of aryl methyl sites for hydroxylation is 1. The van der Waals surface area contributed by atoms with Crippen molar-refractivity contribution < 1.29 is 8.42 Å². The molecule has 32 heavy (non-hydrogen) atoms. The molecular weight excluding hydrogens is 488 g/mol. The molecule has 2 aromatic heterocycles. The maximum absolute atomic E-state index is 12.3. The van der Waals surface area contributed by atoms with Crippen molar-refractivity contribution in [3.8, 4) is 11.1 Å². The highest BCUT2D eigenvalue weighted by atomic mass is 79.9. The highest BCUT2D eigenvalue weighted by molar-refractivity contribution is 9.10. The SMILES string of the molecule is Cn1ccc2ccc(-c3cc(Nc4cc(Br)ccc4S(C)(=O)=O)cc4nccnc34)cc21. The van der Waals surface area contributed by atoms with Crippen molar-refractivity contribution in [2.75, 3.05) is 11.6 Å². The summed E-state index contributed by atoms with van der Waals surface area (Å²) >= 11 is 3.43. The molecule has 0 saturated heterocycles. The largest absolute Gasteiger partial charge is 0.354 e. The Bertz CT molecular complexity index is 1610. The first-order chi connectivity index (χ1) is 15.3. The number of rotatable bonds is 4. The molecule has 3 aromatic carbocycles. The minimum atomic E-state index is -3.41. The van der Waals surface area contributed by atoms with E-state index in [1.165, 1.54) is 6.26 Å². The Kier molecular flexibility index (Phi) is 4.98. The van der Waals surface area contributed by atoms with Crippen molar-refractivity contribution in [2.24, 2.45) is 7.05 Å². The number of benzene rings is 3. The number of nitrogens with one attached hydrogen (secondary N) is 1. The summed E-state index contributed by atoms with van der Waals surface area (Å²) < 4.78 is 27.5. The van der Waals surface area contributed by atoms with E-state index in [4.69, 9.17) is 0 Å². The van der Waals surface area contributed by atoms with E-state index < -0.39 is 9.84 Å². The fourth-order valence-corrected chi connectivity index (χ4v) is 5.06. The highest BCUT2D eigenvalue weighted by Crippen LogP contribution is 2.35. The van der Waals surface area contributed by atoms with E-state index in [1.807, 2.05) is 25.4 Å². The molecule has 0 bridgehead atoms. The summed E-state index contributed by atoms with van der Waals surface area (Å²) in [5.41, 5.74) is 5.75. The molecule has 8 heteroatoms. The number of anilines is 2. The number of halogens is 1. The van der Waals surface area contributed by atoms with Crippen LogP contribution in [0, 0.1) is 0 Å². The fourth-order valence-electron chi connectivity index (χ4n) is 3.88. The van der Waals surface area contributed by atoms with Gasteiger partial charge in [0.05, 0.1) is 21.6 Å². The predicted octanol–water partition coefficient (Wildman–Crippen LogP) is 5.70. The van der Waals surface area contributed by atoms with Crippen LogP contribution in [0.1, 0.15) is 0 Å². The van der Waals surface area contributed by atoms with Crippen molar-refractivity contribution in [1.29, 1.82) is 0 Å². The van der Waals surface area contributed by atoms with Gasteiger partial charge in [-0.25, -0.2) is 8.42 Å². The number of hydrogen-bond donors (Lipinski definition) is 1. The maximum atomic E-state index is 12.3. The van der Waals surface area contributed by atoms with E-state index >= 15 is 0 Å². The molecule has 2 heterocycles. The molecular formula is C24H19BrN4O2S. The van der Waals surface area contributed by atoms with Gasteiger partial charge in [-0.15, -0.1) is 0 Å². The summed E-state index contributed by atoms with van der Waals surface area (Å²) in [6, 6.07) is 17.3. The van der Waals surface area contributed by atoms with Crippen LogP contribution in [0.3, 0.4) is 0 Å². The van der Waals surface area contributed by atoms with Crippen LogP contribution in [0.4, 0.5) is 11.4 Å². The van der Waals surface area contributed by atoms with Crippen LogP contribution in [-0.2, 0) is 16.9 Å². The first-order valence-electron chi connectivity index (χ1n) is 9.86. The third-order valence-electron chi connectivity index (χ3n) is 5.39. The highest BCUT2D eigenvalue weighted by Gasteiger charge is 2.16. The van der Waals surface area contributed by atoms with Gasteiger partial charge >= 0.3 is 0 Å². The predicted molar refractivity (Wildman–Crippen MR) is 132 cm³/mol. The molecule has 0 aliphatic heterocycles. The van der Waals surface area contributed by atoms with Crippen LogP contribution in [-0.4, -0.2) is 29.2 Å². The van der Waals surface area contributed by atoms with Crippen molar-refractivity contribution in [2.45, 2.75) is 4.90 Å². The van der Waals surface area contributed by atoms with Gasteiger partial charge < -0.3 is 9.88 Å². The van der Waals surface area contributed by atoms with Crippen molar-refractivity contribution in [3.05, 3.63) is 77.7 Å². The van der Waals surface area contributed by atoms with Gasteiger partial charge in [-0.1, -0.05) is 28.1 Å². The average molecular weight is 507 g/mol. The Morgan fingerprint density at radius 1 is 0.969 bits per heavy atom. The van der Waals surface area contributed by atoms with Crippen molar-refractivity contribution in [3.63, 3.8) is 0 Å². The number of nitrogens with zero attached hydrogens (tertiary/aromatic N) is 3.